The maximum absolute atomic E-state index is 5.32. The molecule has 0 bridgehead atoms. The Balaban J connectivity index is 0.000000921. The van der Waals surface area contributed by atoms with Crippen LogP contribution in [0.3, 0.4) is 0 Å². The fourth-order valence-corrected chi connectivity index (χ4v) is 1.54. The van der Waals surface area contributed by atoms with Gasteiger partial charge in [-0.3, -0.25) is 4.90 Å². The van der Waals surface area contributed by atoms with Crippen molar-refractivity contribution in [1.29, 1.82) is 0 Å². The van der Waals surface area contributed by atoms with Crippen LogP contribution in [0.5, 0.6) is 0 Å². The number of nitrogens with zero attached hydrogens (tertiary/aromatic N) is 1. The molecule has 1 aromatic heterocycles. The summed E-state index contributed by atoms with van der Waals surface area (Å²) in [6.07, 6.45) is 1.73. The Labute approximate surface area is 93.3 Å². The first-order valence-electron chi connectivity index (χ1n) is 5.47. The van der Waals surface area contributed by atoms with E-state index in [0.29, 0.717) is 12.1 Å². The summed E-state index contributed by atoms with van der Waals surface area (Å²) >= 11 is 0. The number of nitrogens with two attached hydrogens (primary N) is 1. The van der Waals surface area contributed by atoms with E-state index in [0.717, 1.165) is 12.3 Å². The second-order valence-corrected chi connectivity index (χ2v) is 3.94. The fraction of sp³-hybridized carbons (Fsp3) is 0.667. The molecule has 0 unspecified atom stereocenters. The van der Waals surface area contributed by atoms with Gasteiger partial charge in [0.05, 0.1) is 12.8 Å². The first kappa shape index (κ1) is 14.2. The molecule has 1 aromatic rings. The molecular weight excluding hydrogens is 188 g/mol. The van der Waals surface area contributed by atoms with Gasteiger partial charge in [-0.15, -0.1) is 0 Å². The molecule has 15 heavy (non-hydrogen) atoms. The molecule has 0 atom stereocenters. The molecule has 0 saturated carbocycles. The summed E-state index contributed by atoms with van der Waals surface area (Å²) < 4.78 is 5.32. The normalized spacial score (nSPS) is 10.7. The Hall–Kier alpha value is -0.800. The minimum Gasteiger partial charge on any atom is -0.468 e. The molecule has 3 heteroatoms. The molecule has 0 aliphatic heterocycles. The molecule has 0 radical (unpaired) electrons. The molecule has 2 N–H and O–H groups in total. The molecule has 0 aromatic carbocycles. The summed E-state index contributed by atoms with van der Waals surface area (Å²) in [4.78, 5) is 2.40. The first-order valence-corrected chi connectivity index (χ1v) is 5.47. The average molecular weight is 212 g/mol. The number of hydrogen-bond acceptors (Lipinski definition) is 3. The van der Waals surface area contributed by atoms with E-state index in [1.165, 1.54) is 7.05 Å². The zero-order valence-corrected chi connectivity index (χ0v) is 10.5. The van der Waals surface area contributed by atoms with E-state index >= 15 is 0 Å². The van der Waals surface area contributed by atoms with Gasteiger partial charge in [0, 0.05) is 12.1 Å². The van der Waals surface area contributed by atoms with Gasteiger partial charge in [-0.25, -0.2) is 0 Å². The third-order valence-corrected chi connectivity index (χ3v) is 2.25. The monoisotopic (exact) mass is 212 g/mol. The van der Waals surface area contributed by atoms with Crippen LogP contribution in [-0.2, 0) is 6.54 Å². The van der Waals surface area contributed by atoms with E-state index < -0.39 is 0 Å². The van der Waals surface area contributed by atoms with E-state index in [1.54, 1.807) is 6.26 Å². The van der Waals surface area contributed by atoms with Gasteiger partial charge in [0.2, 0.25) is 0 Å². The van der Waals surface area contributed by atoms with Gasteiger partial charge in [0.15, 0.2) is 0 Å². The van der Waals surface area contributed by atoms with Crippen LogP contribution in [-0.4, -0.2) is 24.0 Å². The van der Waals surface area contributed by atoms with Crippen molar-refractivity contribution in [2.75, 3.05) is 7.05 Å². The van der Waals surface area contributed by atoms with Crippen LogP contribution in [0.2, 0.25) is 0 Å². The molecule has 1 heterocycles. The highest BCUT2D eigenvalue weighted by atomic mass is 16.3. The number of rotatable bonds is 4. The Morgan fingerprint density at radius 2 is 1.73 bits per heavy atom. The Morgan fingerprint density at radius 1 is 1.20 bits per heavy atom. The lowest BCUT2D eigenvalue weighted by atomic mass is 10.2. The summed E-state index contributed by atoms with van der Waals surface area (Å²) in [6.45, 7) is 9.75. The van der Waals surface area contributed by atoms with Crippen LogP contribution in [0.1, 0.15) is 33.5 Å². The van der Waals surface area contributed by atoms with Crippen molar-refractivity contribution < 1.29 is 4.42 Å². The van der Waals surface area contributed by atoms with Crippen molar-refractivity contribution in [3.8, 4) is 0 Å². The fourth-order valence-electron chi connectivity index (χ4n) is 1.54. The van der Waals surface area contributed by atoms with Crippen molar-refractivity contribution in [2.45, 2.75) is 46.3 Å². The summed E-state index contributed by atoms with van der Waals surface area (Å²) in [5, 5.41) is 0. The third-order valence-electron chi connectivity index (χ3n) is 2.25. The van der Waals surface area contributed by atoms with Crippen molar-refractivity contribution in [2.24, 2.45) is 5.73 Å². The smallest absolute Gasteiger partial charge is 0.117 e. The highest BCUT2D eigenvalue weighted by Gasteiger charge is 2.14. The van der Waals surface area contributed by atoms with E-state index in [-0.39, 0.29) is 0 Å². The standard InChI is InChI=1S/C11H19NO.CH5N/c1-9(2)12(10(3)4)8-11-6-5-7-13-11;1-2/h5-7,9-10H,8H2,1-4H3;2H2,1H3. The van der Waals surface area contributed by atoms with Gasteiger partial charge < -0.3 is 10.2 Å². The summed E-state index contributed by atoms with van der Waals surface area (Å²) in [7, 11) is 1.50. The molecule has 88 valence electrons. The predicted octanol–water partition coefficient (Wildman–Crippen LogP) is 2.47. The van der Waals surface area contributed by atoms with Crippen molar-refractivity contribution in [3.63, 3.8) is 0 Å². The average Bonchev–Trinajstić information content (AvgIpc) is 2.68. The first-order chi connectivity index (χ1) is 7.11. The van der Waals surface area contributed by atoms with Crippen LogP contribution in [0, 0.1) is 0 Å². The Bertz CT molecular complexity index is 222. The quantitative estimate of drug-likeness (QED) is 0.833. The lowest BCUT2D eigenvalue weighted by molar-refractivity contribution is 0.153. The van der Waals surface area contributed by atoms with Crippen LogP contribution in [0.25, 0.3) is 0 Å². The molecule has 0 amide bonds. The maximum atomic E-state index is 5.32. The second kappa shape index (κ2) is 7.49. The minimum absolute atomic E-state index is 0.560. The van der Waals surface area contributed by atoms with Crippen LogP contribution in [0.15, 0.2) is 22.8 Å². The highest BCUT2D eigenvalue weighted by Crippen LogP contribution is 2.11. The highest BCUT2D eigenvalue weighted by molar-refractivity contribution is 4.98. The van der Waals surface area contributed by atoms with Gasteiger partial charge in [0.1, 0.15) is 5.76 Å². The van der Waals surface area contributed by atoms with Gasteiger partial charge in [-0.2, -0.15) is 0 Å². The SMILES string of the molecule is CC(C)N(Cc1ccco1)C(C)C.CN. The van der Waals surface area contributed by atoms with Crippen molar-refractivity contribution in [3.05, 3.63) is 24.2 Å². The van der Waals surface area contributed by atoms with Gasteiger partial charge >= 0.3 is 0 Å². The van der Waals surface area contributed by atoms with Gasteiger partial charge in [0.25, 0.3) is 0 Å². The largest absolute Gasteiger partial charge is 0.468 e. The van der Waals surface area contributed by atoms with E-state index in [1.807, 2.05) is 12.1 Å². The molecule has 0 fully saturated rings. The molecule has 0 aliphatic carbocycles. The number of furan rings is 1. The van der Waals surface area contributed by atoms with Gasteiger partial charge in [-0.05, 0) is 46.9 Å². The van der Waals surface area contributed by atoms with Crippen molar-refractivity contribution in [1.82, 2.24) is 4.90 Å². The topological polar surface area (TPSA) is 42.4 Å². The second-order valence-electron chi connectivity index (χ2n) is 3.94. The lowest BCUT2D eigenvalue weighted by Gasteiger charge is -2.29. The van der Waals surface area contributed by atoms with E-state index in [2.05, 4.69) is 38.3 Å². The van der Waals surface area contributed by atoms with Crippen LogP contribution < -0.4 is 5.73 Å². The molecular formula is C12H24N2O. The Kier molecular flexibility index (Phi) is 7.09. The minimum atomic E-state index is 0.560. The van der Waals surface area contributed by atoms with Crippen molar-refractivity contribution >= 4 is 0 Å². The van der Waals surface area contributed by atoms with Crippen LogP contribution in [0.4, 0.5) is 0 Å². The molecule has 3 nitrogen and oxygen atoms in total. The predicted molar refractivity (Wildman–Crippen MR) is 64.6 cm³/mol. The van der Waals surface area contributed by atoms with E-state index in [4.69, 9.17) is 4.42 Å². The van der Waals surface area contributed by atoms with Gasteiger partial charge in [-0.1, -0.05) is 0 Å². The lowest BCUT2D eigenvalue weighted by Crippen LogP contribution is -2.36. The molecule has 1 rings (SSSR count). The summed E-state index contributed by atoms with van der Waals surface area (Å²) in [5.74, 6) is 1.04. The van der Waals surface area contributed by atoms with E-state index in [9.17, 15) is 0 Å². The zero-order valence-electron chi connectivity index (χ0n) is 10.5. The Morgan fingerprint density at radius 3 is 2.07 bits per heavy atom. The molecule has 0 spiro atoms. The maximum Gasteiger partial charge on any atom is 0.117 e. The third kappa shape index (κ3) is 5.00. The van der Waals surface area contributed by atoms with Crippen LogP contribution >= 0.6 is 0 Å². The molecule has 0 aliphatic rings. The molecule has 0 saturated heterocycles. The summed E-state index contributed by atoms with van der Waals surface area (Å²) in [5.41, 5.74) is 4.50. The summed E-state index contributed by atoms with van der Waals surface area (Å²) in [6, 6.07) is 5.08. The zero-order chi connectivity index (χ0) is 11.8. The number of hydrogen-bond donors (Lipinski definition) is 1.